The molecule has 0 aliphatic heterocycles. The summed E-state index contributed by atoms with van der Waals surface area (Å²) in [5.74, 6) is 0.610. The highest BCUT2D eigenvalue weighted by Gasteiger charge is 2.21. The maximum absolute atomic E-state index is 10.8. The van der Waals surface area contributed by atoms with Gasteiger partial charge in [-0.3, -0.25) is 0 Å². The van der Waals surface area contributed by atoms with Crippen LogP contribution in [0, 0.1) is 5.92 Å². The van der Waals surface area contributed by atoms with Crippen LogP contribution >= 0.6 is 0 Å². The van der Waals surface area contributed by atoms with Crippen molar-refractivity contribution < 1.29 is 9.90 Å². The molecule has 2 aromatic carbocycles. The molecule has 126 valence electrons. The minimum atomic E-state index is -0.871. The highest BCUT2D eigenvalue weighted by Crippen LogP contribution is 2.35. The average molecular weight is 323 g/mol. The second-order valence-corrected chi connectivity index (χ2v) is 6.76. The van der Waals surface area contributed by atoms with E-state index >= 15 is 0 Å². The molecule has 1 fully saturated rings. The van der Waals surface area contributed by atoms with E-state index in [4.69, 9.17) is 5.11 Å². The molecule has 0 heterocycles. The van der Waals surface area contributed by atoms with Gasteiger partial charge in [0.1, 0.15) is 0 Å². The molecule has 2 N–H and O–H groups in total. The van der Waals surface area contributed by atoms with Crippen molar-refractivity contribution in [3.8, 4) is 0 Å². The summed E-state index contributed by atoms with van der Waals surface area (Å²) >= 11 is 0. The van der Waals surface area contributed by atoms with Gasteiger partial charge in [-0.05, 0) is 67.3 Å². The van der Waals surface area contributed by atoms with Crippen LogP contribution in [0.2, 0.25) is 0 Å². The van der Waals surface area contributed by atoms with Crippen molar-refractivity contribution >= 4 is 5.97 Å². The third-order valence-corrected chi connectivity index (χ3v) is 5.08. The van der Waals surface area contributed by atoms with Crippen LogP contribution in [-0.4, -0.2) is 17.6 Å². The summed E-state index contributed by atoms with van der Waals surface area (Å²) < 4.78 is 0. The molecule has 0 amide bonds. The first kappa shape index (κ1) is 16.7. The Kier molecular flexibility index (Phi) is 5.65. The Morgan fingerprint density at radius 3 is 2.25 bits per heavy atom. The van der Waals surface area contributed by atoms with Crippen LogP contribution in [0.3, 0.4) is 0 Å². The SMILES string of the molecule is O=C(O)c1ccc(CNCC2CCC(c3ccccc3)CC2)cc1. The molecule has 1 saturated carbocycles. The minimum absolute atomic E-state index is 0.345. The maximum Gasteiger partial charge on any atom is 0.335 e. The van der Waals surface area contributed by atoms with Crippen molar-refractivity contribution in [3.05, 3.63) is 71.3 Å². The van der Waals surface area contributed by atoms with Gasteiger partial charge in [0.15, 0.2) is 0 Å². The standard InChI is InChI=1S/C21H25NO2/c23-21(24)20-12-8-17(9-13-20)15-22-14-16-6-10-19(11-7-16)18-4-2-1-3-5-18/h1-5,8-9,12-13,16,19,22H,6-7,10-11,14-15H2,(H,23,24). The first-order valence-corrected chi connectivity index (χ1v) is 8.80. The Bertz CT molecular complexity index is 643. The Balaban J connectivity index is 1.40. The van der Waals surface area contributed by atoms with Crippen LogP contribution in [0.25, 0.3) is 0 Å². The summed E-state index contributed by atoms with van der Waals surface area (Å²) in [7, 11) is 0. The van der Waals surface area contributed by atoms with Crippen LogP contribution in [-0.2, 0) is 6.54 Å². The van der Waals surface area contributed by atoms with Gasteiger partial charge in [-0.2, -0.15) is 0 Å². The van der Waals surface area contributed by atoms with Crippen molar-refractivity contribution in [1.29, 1.82) is 0 Å². The van der Waals surface area contributed by atoms with E-state index in [0.717, 1.165) is 30.5 Å². The number of hydrogen-bond acceptors (Lipinski definition) is 2. The zero-order chi connectivity index (χ0) is 16.8. The first-order valence-electron chi connectivity index (χ1n) is 8.80. The predicted molar refractivity (Wildman–Crippen MR) is 96.2 cm³/mol. The normalized spacial score (nSPS) is 20.7. The molecule has 2 aromatic rings. The number of aromatic carboxylic acids is 1. The summed E-state index contributed by atoms with van der Waals surface area (Å²) in [6.07, 6.45) is 5.13. The molecule has 0 aromatic heterocycles. The highest BCUT2D eigenvalue weighted by molar-refractivity contribution is 5.87. The molecule has 24 heavy (non-hydrogen) atoms. The lowest BCUT2D eigenvalue weighted by Gasteiger charge is -2.29. The smallest absolute Gasteiger partial charge is 0.335 e. The molecule has 3 heteroatoms. The molecular weight excluding hydrogens is 298 g/mol. The van der Waals surface area contributed by atoms with Gasteiger partial charge in [0.25, 0.3) is 0 Å². The van der Waals surface area contributed by atoms with Crippen molar-refractivity contribution in [2.75, 3.05) is 6.54 Å². The zero-order valence-electron chi connectivity index (χ0n) is 13.9. The largest absolute Gasteiger partial charge is 0.478 e. The van der Waals surface area contributed by atoms with E-state index in [9.17, 15) is 4.79 Å². The van der Waals surface area contributed by atoms with E-state index in [2.05, 4.69) is 35.6 Å². The molecule has 3 nitrogen and oxygen atoms in total. The summed E-state index contributed by atoms with van der Waals surface area (Å²) in [4.78, 5) is 10.8. The van der Waals surface area contributed by atoms with Gasteiger partial charge in [0.05, 0.1) is 5.56 Å². The van der Waals surface area contributed by atoms with E-state index in [-0.39, 0.29) is 0 Å². The predicted octanol–water partition coefficient (Wildman–Crippen LogP) is 4.45. The fourth-order valence-electron chi connectivity index (χ4n) is 3.61. The van der Waals surface area contributed by atoms with Crippen LogP contribution in [0.5, 0.6) is 0 Å². The molecule has 0 atom stereocenters. The van der Waals surface area contributed by atoms with Gasteiger partial charge in [0.2, 0.25) is 0 Å². The lowest BCUT2D eigenvalue weighted by molar-refractivity contribution is 0.0697. The van der Waals surface area contributed by atoms with Gasteiger partial charge in [0, 0.05) is 6.54 Å². The summed E-state index contributed by atoms with van der Waals surface area (Å²) in [6.45, 7) is 1.85. The molecule has 0 spiro atoms. The number of benzene rings is 2. The number of rotatable bonds is 6. The third-order valence-electron chi connectivity index (χ3n) is 5.08. The number of carboxylic acids is 1. The summed E-state index contributed by atoms with van der Waals surface area (Å²) in [6, 6.07) is 18.0. The number of hydrogen-bond donors (Lipinski definition) is 2. The van der Waals surface area contributed by atoms with Crippen LogP contribution in [0.1, 0.15) is 53.1 Å². The second kappa shape index (κ2) is 8.11. The van der Waals surface area contributed by atoms with Gasteiger partial charge in [-0.1, -0.05) is 42.5 Å². The Morgan fingerprint density at radius 1 is 0.958 bits per heavy atom. The van der Waals surface area contributed by atoms with Crippen LogP contribution in [0.15, 0.2) is 54.6 Å². The zero-order valence-corrected chi connectivity index (χ0v) is 13.9. The molecule has 1 aliphatic carbocycles. The average Bonchev–Trinajstić information content (AvgIpc) is 2.63. The van der Waals surface area contributed by atoms with Crippen molar-refractivity contribution in [2.45, 2.75) is 38.1 Å². The Labute approximate surface area is 143 Å². The molecule has 0 bridgehead atoms. The lowest BCUT2D eigenvalue weighted by Crippen LogP contribution is -2.25. The van der Waals surface area contributed by atoms with E-state index < -0.39 is 5.97 Å². The Hall–Kier alpha value is -2.13. The second-order valence-electron chi connectivity index (χ2n) is 6.76. The van der Waals surface area contributed by atoms with Crippen molar-refractivity contribution in [2.24, 2.45) is 5.92 Å². The minimum Gasteiger partial charge on any atom is -0.478 e. The third kappa shape index (κ3) is 4.45. The molecular formula is C21H25NO2. The molecule has 3 rings (SSSR count). The molecule has 0 radical (unpaired) electrons. The number of carboxylic acid groups (broad SMARTS) is 1. The summed E-state index contributed by atoms with van der Waals surface area (Å²) in [5.41, 5.74) is 2.97. The lowest BCUT2D eigenvalue weighted by atomic mass is 9.79. The molecule has 0 unspecified atom stereocenters. The van der Waals surface area contributed by atoms with E-state index in [1.807, 2.05) is 12.1 Å². The van der Waals surface area contributed by atoms with E-state index in [0.29, 0.717) is 5.56 Å². The van der Waals surface area contributed by atoms with Gasteiger partial charge in [-0.25, -0.2) is 4.79 Å². The van der Waals surface area contributed by atoms with Gasteiger partial charge < -0.3 is 10.4 Å². The Morgan fingerprint density at radius 2 is 1.62 bits per heavy atom. The fraction of sp³-hybridized carbons (Fsp3) is 0.381. The topological polar surface area (TPSA) is 49.3 Å². The van der Waals surface area contributed by atoms with Gasteiger partial charge in [-0.15, -0.1) is 0 Å². The maximum atomic E-state index is 10.8. The molecule has 1 aliphatic rings. The van der Waals surface area contributed by atoms with Crippen LogP contribution < -0.4 is 5.32 Å². The van der Waals surface area contributed by atoms with E-state index in [1.165, 1.54) is 31.2 Å². The fourth-order valence-corrected chi connectivity index (χ4v) is 3.61. The highest BCUT2D eigenvalue weighted by atomic mass is 16.4. The first-order chi connectivity index (χ1) is 11.7. The van der Waals surface area contributed by atoms with E-state index in [1.54, 1.807) is 12.1 Å². The van der Waals surface area contributed by atoms with Gasteiger partial charge >= 0.3 is 5.97 Å². The van der Waals surface area contributed by atoms with Crippen molar-refractivity contribution in [3.63, 3.8) is 0 Å². The monoisotopic (exact) mass is 323 g/mol. The molecule has 0 saturated heterocycles. The van der Waals surface area contributed by atoms with Crippen LogP contribution in [0.4, 0.5) is 0 Å². The van der Waals surface area contributed by atoms with Crippen molar-refractivity contribution in [1.82, 2.24) is 5.32 Å². The summed E-state index contributed by atoms with van der Waals surface area (Å²) in [5, 5.41) is 12.4. The quantitative estimate of drug-likeness (QED) is 0.826. The number of carbonyl (C=O) groups is 1. The number of nitrogens with one attached hydrogen (secondary N) is 1.